The van der Waals surface area contributed by atoms with Crippen LogP contribution >= 0.6 is 15.9 Å². The predicted molar refractivity (Wildman–Crippen MR) is 69.4 cm³/mol. The lowest BCUT2D eigenvalue weighted by atomic mass is 10.2. The van der Waals surface area contributed by atoms with E-state index in [1.165, 1.54) is 12.1 Å². The molecule has 0 fully saturated rings. The maximum absolute atomic E-state index is 13.0. The smallest absolute Gasteiger partial charge is 0.240 e. The minimum absolute atomic E-state index is 0.307. The van der Waals surface area contributed by atoms with Crippen molar-refractivity contribution in [1.29, 1.82) is 0 Å². The Bertz CT molecular complexity index is 530. The summed E-state index contributed by atoms with van der Waals surface area (Å²) in [5.74, 6) is 0.670. The van der Waals surface area contributed by atoms with Crippen molar-refractivity contribution in [3.8, 4) is 11.4 Å². The molecule has 1 aromatic carbocycles. The fraction of sp³-hybridized carbons (Fsp3) is 0.333. The average molecular weight is 314 g/mol. The van der Waals surface area contributed by atoms with Crippen molar-refractivity contribution in [2.45, 2.75) is 19.9 Å². The molecule has 1 heterocycles. The summed E-state index contributed by atoms with van der Waals surface area (Å²) in [5, 5.41) is 7.05. The van der Waals surface area contributed by atoms with E-state index in [2.05, 4.69) is 38.3 Å². The van der Waals surface area contributed by atoms with Gasteiger partial charge >= 0.3 is 0 Å². The largest absolute Gasteiger partial charge is 0.338 e. The summed E-state index contributed by atoms with van der Waals surface area (Å²) in [6, 6.07) is 4.36. The van der Waals surface area contributed by atoms with Gasteiger partial charge in [-0.3, -0.25) is 0 Å². The fourth-order valence-corrected chi connectivity index (χ4v) is 2.01. The van der Waals surface area contributed by atoms with E-state index in [4.69, 9.17) is 4.52 Å². The highest BCUT2D eigenvalue weighted by molar-refractivity contribution is 9.10. The average Bonchev–Trinajstić information content (AvgIpc) is 2.78. The number of benzene rings is 1. The molecule has 0 unspecified atom stereocenters. The van der Waals surface area contributed by atoms with E-state index in [1.807, 2.05) is 0 Å². The number of nitrogens with zero attached hydrogens (tertiary/aromatic N) is 2. The third kappa shape index (κ3) is 3.14. The highest BCUT2D eigenvalue weighted by Gasteiger charge is 2.11. The van der Waals surface area contributed by atoms with Gasteiger partial charge in [0.15, 0.2) is 0 Å². The van der Waals surface area contributed by atoms with Crippen LogP contribution in [-0.2, 0) is 6.54 Å². The second-order valence-corrected chi connectivity index (χ2v) is 4.67. The van der Waals surface area contributed by atoms with Gasteiger partial charge in [-0.25, -0.2) is 4.39 Å². The van der Waals surface area contributed by atoms with Gasteiger partial charge in [0.2, 0.25) is 11.7 Å². The van der Waals surface area contributed by atoms with Crippen LogP contribution in [-0.4, -0.2) is 16.7 Å². The Morgan fingerprint density at radius 2 is 2.28 bits per heavy atom. The zero-order valence-electron chi connectivity index (χ0n) is 9.91. The van der Waals surface area contributed by atoms with Gasteiger partial charge in [0.1, 0.15) is 5.82 Å². The first kappa shape index (κ1) is 13.2. The lowest BCUT2D eigenvalue weighted by molar-refractivity contribution is 0.368. The molecule has 0 saturated heterocycles. The highest BCUT2D eigenvalue weighted by Crippen LogP contribution is 2.26. The van der Waals surface area contributed by atoms with E-state index in [0.717, 1.165) is 13.0 Å². The van der Waals surface area contributed by atoms with Crippen LogP contribution in [0, 0.1) is 5.82 Å². The first-order chi connectivity index (χ1) is 8.70. The second-order valence-electron chi connectivity index (χ2n) is 3.81. The third-order valence-electron chi connectivity index (χ3n) is 2.34. The summed E-state index contributed by atoms with van der Waals surface area (Å²) >= 11 is 3.28. The molecular formula is C12H13BrFN3O. The van der Waals surface area contributed by atoms with Gasteiger partial charge < -0.3 is 9.84 Å². The molecule has 4 nitrogen and oxygen atoms in total. The van der Waals surface area contributed by atoms with Crippen LogP contribution in [0.2, 0.25) is 0 Å². The Labute approximate surface area is 113 Å². The van der Waals surface area contributed by atoms with Gasteiger partial charge in [0.05, 0.1) is 6.54 Å². The van der Waals surface area contributed by atoms with Crippen LogP contribution in [0.4, 0.5) is 4.39 Å². The minimum atomic E-state index is -0.307. The monoisotopic (exact) mass is 313 g/mol. The third-order valence-corrected chi connectivity index (χ3v) is 3.00. The summed E-state index contributed by atoms with van der Waals surface area (Å²) in [5.41, 5.74) is 0.710. The van der Waals surface area contributed by atoms with Gasteiger partial charge in [-0.1, -0.05) is 12.1 Å². The summed E-state index contributed by atoms with van der Waals surface area (Å²) in [6.45, 7) is 3.53. The first-order valence-corrected chi connectivity index (χ1v) is 6.48. The molecule has 0 saturated carbocycles. The Hall–Kier alpha value is -1.27. The Kier molecular flexibility index (Phi) is 4.43. The molecule has 0 spiro atoms. The van der Waals surface area contributed by atoms with Crippen molar-refractivity contribution in [3.63, 3.8) is 0 Å². The molecule has 0 aliphatic carbocycles. The van der Waals surface area contributed by atoms with Crippen molar-refractivity contribution in [2.75, 3.05) is 6.54 Å². The number of hydrogen-bond acceptors (Lipinski definition) is 4. The van der Waals surface area contributed by atoms with Crippen molar-refractivity contribution in [3.05, 3.63) is 34.4 Å². The van der Waals surface area contributed by atoms with Gasteiger partial charge in [0, 0.05) is 10.0 Å². The van der Waals surface area contributed by atoms with E-state index in [0.29, 0.717) is 28.3 Å². The maximum atomic E-state index is 13.0. The van der Waals surface area contributed by atoms with Crippen molar-refractivity contribution >= 4 is 15.9 Å². The summed E-state index contributed by atoms with van der Waals surface area (Å²) in [7, 11) is 0. The molecule has 0 radical (unpaired) electrons. The van der Waals surface area contributed by atoms with E-state index in [9.17, 15) is 4.39 Å². The number of hydrogen-bond donors (Lipinski definition) is 1. The molecule has 6 heteroatoms. The Morgan fingerprint density at radius 1 is 1.44 bits per heavy atom. The van der Waals surface area contributed by atoms with Gasteiger partial charge in [-0.2, -0.15) is 4.98 Å². The first-order valence-electron chi connectivity index (χ1n) is 5.69. The number of halogens is 2. The van der Waals surface area contributed by atoms with Crippen LogP contribution in [0.15, 0.2) is 27.2 Å². The minimum Gasteiger partial charge on any atom is -0.338 e. The van der Waals surface area contributed by atoms with Crippen LogP contribution in [0.1, 0.15) is 19.2 Å². The number of aromatic nitrogens is 2. The normalized spacial score (nSPS) is 10.8. The van der Waals surface area contributed by atoms with Crippen molar-refractivity contribution in [2.24, 2.45) is 0 Å². The van der Waals surface area contributed by atoms with Crippen LogP contribution in [0.3, 0.4) is 0 Å². The zero-order chi connectivity index (χ0) is 13.0. The van der Waals surface area contributed by atoms with Gasteiger partial charge in [-0.05, 0) is 47.1 Å². The van der Waals surface area contributed by atoms with Gasteiger partial charge in [-0.15, -0.1) is 0 Å². The molecule has 0 bridgehead atoms. The summed E-state index contributed by atoms with van der Waals surface area (Å²) in [4.78, 5) is 4.25. The number of rotatable bonds is 5. The standard InChI is InChI=1S/C12H13BrFN3O/c1-2-5-15-7-11-16-12(17-18-11)9-4-3-8(14)6-10(9)13/h3-4,6,15H,2,5,7H2,1H3. The molecule has 1 N–H and O–H groups in total. The molecule has 0 aliphatic rings. The quantitative estimate of drug-likeness (QED) is 0.862. The van der Waals surface area contributed by atoms with Crippen LogP contribution < -0.4 is 5.32 Å². The summed E-state index contributed by atoms with van der Waals surface area (Å²) in [6.07, 6.45) is 1.05. The molecule has 1 aromatic heterocycles. The fourth-order valence-electron chi connectivity index (χ4n) is 1.48. The molecule has 96 valence electrons. The predicted octanol–water partition coefficient (Wildman–Crippen LogP) is 3.14. The van der Waals surface area contributed by atoms with Crippen LogP contribution in [0.5, 0.6) is 0 Å². The molecule has 18 heavy (non-hydrogen) atoms. The lowest BCUT2D eigenvalue weighted by Crippen LogP contribution is -2.13. The summed E-state index contributed by atoms with van der Waals surface area (Å²) < 4.78 is 18.7. The Balaban J connectivity index is 2.13. The highest BCUT2D eigenvalue weighted by atomic mass is 79.9. The van der Waals surface area contributed by atoms with E-state index in [1.54, 1.807) is 6.07 Å². The van der Waals surface area contributed by atoms with Crippen molar-refractivity contribution in [1.82, 2.24) is 15.5 Å². The van der Waals surface area contributed by atoms with Crippen LogP contribution in [0.25, 0.3) is 11.4 Å². The van der Waals surface area contributed by atoms with E-state index >= 15 is 0 Å². The lowest BCUT2D eigenvalue weighted by Gasteiger charge is -1.98. The molecular weight excluding hydrogens is 301 g/mol. The molecule has 0 amide bonds. The van der Waals surface area contributed by atoms with Crippen molar-refractivity contribution < 1.29 is 8.91 Å². The number of nitrogens with one attached hydrogen (secondary N) is 1. The second kappa shape index (κ2) is 6.06. The zero-order valence-corrected chi connectivity index (χ0v) is 11.5. The maximum Gasteiger partial charge on any atom is 0.240 e. The van der Waals surface area contributed by atoms with Gasteiger partial charge in [0.25, 0.3) is 0 Å². The molecule has 0 aliphatic heterocycles. The Morgan fingerprint density at radius 3 is 3.00 bits per heavy atom. The SMILES string of the molecule is CCCNCc1nc(-c2ccc(F)cc2Br)no1. The van der Waals surface area contributed by atoms with E-state index in [-0.39, 0.29) is 5.82 Å². The molecule has 2 rings (SSSR count). The molecule has 2 aromatic rings. The van der Waals surface area contributed by atoms with E-state index < -0.39 is 0 Å². The topological polar surface area (TPSA) is 51.0 Å². The molecule has 0 atom stereocenters.